The number of hydrogen-bond donors (Lipinski definition) is 4. The van der Waals surface area contributed by atoms with Crippen LogP contribution >= 0.6 is 7.82 Å². The molecule has 3 atom stereocenters. The zero-order chi connectivity index (χ0) is 37.8. The average Bonchev–Trinajstić information content (AvgIpc) is 3.10. The number of unbranched alkanes of at least 4 members (excludes halogenated alkanes) is 25. The molecule has 0 aromatic heterocycles. The molecule has 0 aromatic carbocycles. The normalized spacial score (nSPS) is 13.8. The Bertz CT molecular complexity index is 890. The third kappa shape index (κ3) is 35.3. The molecule has 51 heavy (non-hydrogen) atoms. The minimum absolute atomic E-state index is 0.152. The molecule has 0 saturated carbocycles. The first kappa shape index (κ1) is 49.5. The SMILES string of the molecule is CCCCCCCCCCCCCCCCC(=O)OCC(O)COP(=O)(O)OCC(NC(=O)CCCCCCCCCCCCCCC)C(=O)O. The summed E-state index contributed by atoms with van der Waals surface area (Å²) >= 11 is 0. The minimum atomic E-state index is -4.74. The number of amides is 1. The number of rotatable bonds is 39. The fraction of sp³-hybridized carbons (Fsp3) is 0.923. The first-order valence-corrected chi connectivity index (χ1v) is 22.1. The van der Waals surface area contributed by atoms with Crippen molar-refractivity contribution >= 4 is 25.7 Å². The summed E-state index contributed by atoms with van der Waals surface area (Å²) in [5, 5.41) is 21.8. The molecular weight excluding hydrogens is 673 g/mol. The molecule has 0 aromatic rings. The molecule has 3 unspecified atom stereocenters. The van der Waals surface area contributed by atoms with Crippen molar-refractivity contribution in [2.24, 2.45) is 0 Å². The summed E-state index contributed by atoms with van der Waals surface area (Å²) in [6, 6.07) is -1.54. The number of aliphatic hydroxyl groups excluding tert-OH is 1. The van der Waals surface area contributed by atoms with Crippen LogP contribution < -0.4 is 5.32 Å². The second-order valence-electron chi connectivity index (χ2n) is 14.2. The predicted molar refractivity (Wildman–Crippen MR) is 204 cm³/mol. The van der Waals surface area contributed by atoms with Gasteiger partial charge < -0.3 is 25.2 Å². The van der Waals surface area contributed by atoms with Crippen molar-refractivity contribution in [3.8, 4) is 0 Å². The lowest BCUT2D eigenvalue weighted by Crippen LogP contribution is -2.43. The highest BCUT2D eigenvalue weighted by atomic mass is 31.2. The summed E-state index contributed by atoms with van der Waals surface area (Å²) in [4.78, 5) is 45.7. The van der Waals surface area contributed by atoms with Crippen LogP contribution in [-0.4, -0.2) is 64.9 Å². The minimum Gasteiger partial charge on any atom is -0.480 e. The van der Waals surface area contributed by atoms with Gasteiger partial charge in [-0.15, -0.1) is 0 Å². The number of aliphatic hydroxyl groups is 1. The van der Waals surface area contributed by atoms with E-state index in [1.807, 2.05) is 0 Å². The molecular formula is C39H76NO10P. The van der Waals surface area contributed by atoms with Gasteiger partial charge in [0.1, 0.15) is 12.7 Å². The number of carboxylic acids is 1. The maximum Gasteiger partial charge on any atom is 0.472 e. The number of hydrogen-bond acceptors (Lipinski definition) is 8. The molecule has 0 fully saturated rings. The van der Waals surface area contributed by atoms with Crippen molar-refractivity contribution in [1.29, 1.82) is 0 Å². The van der Waals surface area contributed by atoms with Crippen LogP contribution in [0.25, 0.3) is 0 Å². The van der Waals surface area contributed by atoms with Gasteiger partial charge in [0.25, 0.3) is 0 Å². The van der Waals surface area contributed by atoms with Gasteiger partial charge in [-0.3, -0.25) is 18.6 Å². The Morgan fingerprint density at radius 2 is 0.902 bits per heavy atom. The Kier molecular flexibility index (Phi) is 34.4. The van der Waals surface area contributed by atoms with E-state index in [1.54, 1.807) is 0 Å². The van der Waals surface area contributed by atoms with Crippen molar-refractivity contribution in [3.63, 3.8) is 0 Å². The number of nitrogens with one attached hydrogen (secondary N) is 1. The number of carbonyl (C=O) groups is 3. The van der Waals surface area contributed by atoms with Gasteiger partial charge in [0, 0.05) is 12.8 Å². The van der Waals surface area contributed by atoms with Crippen LogP contribution in [0.3, 0.4) is 0 Å². The fourth-order valence-corrected chi connectivity index (χ4v) is 6.68. The van der Waals surface area contributed by atoms with Gasteiger partial charge in [0.15, 0.2) is 6.04 Å². The molecule has 1 amide bonds. The van der Waals surface area contributed by atoms with Gasteiger partial charge in [-0.25, -0.2) is 9.36 Å². The molecule has 0 spiro atoms. The van der Waals surface area contributed by atoms with Crippen LogP contribution in [0.5, 0.6) is 0 Å². The van der Waals surface area contributed by atoms with E-state index >= 15 is 0 Å². The van der Waals surface area contributed by atoms with E-state index in [0.717, 1.165) is 38.5 Å². The molecule has 4 N–H and O–H groups in total. The Hall–Kier alpha value is -1.52. The fourth-order valence-electron chi connectivity index (χ4n) is 5.90. The van der Waals surface area contributed by atoms with Crippen LogP contribution in [0.4, 0.5) is 0 Å². The maximum atomic E-state index is 12.3. The second-order valence-corrected chi connectivity index (χ2v) is 15.6. The van der Waals surface area contributed by atoms with Crippen LogP contribution in [-0.2, 0) is 32.7 Å². The molecule has 12 heteroatoms. The monoisotopic (exact) mass is 750 g/mol. The van der Waals surface area contributed by atoms with Crippen LogP contribution in [0.1, 0.15) is 200 Å². The summed E-state index contributed by atoms with van der Waals surface area (Å²) in [5.74, 6) is -2.36. The molecule has 0 radical (unpaired) electrons. The van der Waals surface area contributed by atoms with Crippen molar-refractivity contribution in [1.82, 2.24) is 5.32 Å². The smallest absolute Gasteiger partial charge is 0.472 e. The van der Waals surface area contributed by atoms with E-state index in [0.29, 0.717) is 12.8 Å². The van der Waals surface area contributed by atoms with Gasteiger partial charge in [-0.2, -0.15) is 0 Å². The Balaban J connectivity index is 3.90. The number of phosphoric ester groups is 1. The molecule has 0 rings (SSSR count). The maximum absolute atomic E-state index is 12.3. The van der Waals surface area contributed by atoms with E-state index in [4.69, 9.17) is 13.8 Å². The molecule has 302 valence electrons. The summed E-state index contributed by atoms with van der Waals surface area (Å²) in [7, 11) is -4.74. The Morgan fingerprint density at radius 3 is 1.29 bits per heavy atom. The highest BCUT2D eigenvalue weighted by Gasteiger charge is 2.28. The number of carboxylic acid groups (broad SMARTS) is 1. The molecule has 0 aliphatic rings. The largest absolute Gasteiger partial charge is 0.480 e. The van der Waals surface area contributed by atoms with E-state index in [1.165, 1.54) is 122 Å². The number of aliphatic carboxylic acids is 1. The van der Waals surface area contributed by atoms with Gasteiger partial charge >= 0.3 is 19.8 Å². The molecule has 0 saturated heterocycles. The average molecular weight is 750 g/mol. The van der Waals surface area contributed by atoms with Gasteiger partial charge in [-0.05, 0) is 12.8 Å². The highest BCUT2D eigenvalue weighted by Crippen LogP contribution is 2.43. The number of esters is 1. The van der Waals surface area contributed by atoms with Crippen molar-refractivity contribution in [2.45, 2.75) is 212 Å². The molecule has 0 heterocycles. The molecule has 11 nitrogen and oxygen atoms in total. The van der Waals surface area contributed by atoms with Gasteiger partial charge in [0.2, 0.25) is 5.91 Å². The number of ether oxygens (including phenoxy) is 1. The first-order valence-electron chi connectivity index (χ1n) is 20.6. The summed E-state index contributed by atoms with van der Waals surface area (Å²) in [6.45, 7) is 2.60. The quantitative estimate of drug-likeness (QED) is 0.0270. The van der Waals surface area contributed by atoms with Gasteiger partial charge in [0.05, 0.1) is 13.2 Å². The van der Waals surface area contributed by atoms with Crippen molar-refractivity contribution in [3.05, 3.63) is 0 Å². The molecule has 0 aliphatic heterocycles. The van der Waals surface area contributed by atoms with E-state index in [-0.39, 0.29) is 12.8 Å². The summed E-state index contributed by atoms with van der Waals surface area (Å²) < 4.78 is 26.8. The summed E-state index contributed by atoms with van der Waals surface area (Å²) in [6.07, 6.45) is 31.2. The standard InChI is InChI=1S/C39H76NO10P/c1-3-5-7-9-11-13-15-17-19-21-23-25-27-29-31-38(43)48-32-35(41)33-49-51(46,47)50-34-36(39(44)45)40-37(42)30-28-26-24-22-20-18-16-14-12-10-8-6-4-2/h35-36,41H,3-34H2,1-2H3,(H,40,42)(H,44,45)(H,46,47). The number of phosphoric acid groups is 1. The zero-order valence-electron chi connectivity index (χ0n) is 32.4. The van der Waals surface area contributed by atoms with Crippen LogP contribution in [0.15, 0.2) is 0 Å². The lowest BCUT2D eigenvalue weighted by atomic mass is 10.0. The van der Waals surface area contributed by atoms with Crippen molar-refractivity contribution in [2.75, 3.05) is 19.8 Å². The lowest BCUT2D eigenvalue weighted by molar-refractivity contribution is -0.147. The molecule has 0 bridgehead atoms. The topological polar surface area (TPSA) is 169 Å². The third-order valence-corrected chi connectivity index (χ3v) is 10.1. The Morgan fingerprint density at radius 1 is 0.549 bits per heavy atom. The van der Waals surface area contributed by atoms with E-state index < -0.39 is 57.6 Å². The van der Waals surface area contributed by atoms with Crippen LogP contribution in [0, 0.1) is 0 Å². The summed E-state index contributed by atoms with van der Waals surface area (Å²) in [5.41, 5.74) is 0. The van der Waals surface area contributed by atoms with Gasteiger partial charge in [-0.1, -0.05) is 174 Å². The zero-order valence-corrected chi connectivity index (χ0v) is 33.3. The Labute approximate surface area is 310 Å². The van der Waals surface area contributed by atoms with E-state index in [2.05, 4.69) is 19.2 Å². The van der Waals surface area contributed by atoms with Crippen molar-refractivity contribution < 1.29 is 47.8 Å². The first-order chi connectivity index (χ1) is 24.6. The lowest BCUT2D eigenvalue weighted by Gasteiger charge is -2.18. The number of carbonyl (C=O) groups excluding carboxylic acids is 2. The van der Waals surface area contributed by atoms with E-state index in [9.17, 15) is 34.1 Å². The molecule has 0 aliphatic carbocycles. The third-order valence-electron chi connectivity index (χ3n) is 9.15. The predicted octanol–water partition coefficient (Wildman–Crippen LogP) is 9.95. The highest BCUT2D eigenvalue weighted by molar-refractivity contribution is 7.47. The van der Waals surface area contributed by atoms with Crippen LogP contribution in [0.2, 0.25) is 0 Å². The second kappa shape index (κ2) is 35.5.